The highest BCUT2D eigenvalue weighted by Crippen LogP contribution is 2.23. The summed E-state index contributed by atoms with van der Waals surface area (Å²) in [4.78, 5) is 11.5. The second-order valence-electron chi connectivity index (χ2n) is 4.07. The number of nitrogens with one attached hydrogen (secondary N) is 1. The molecule has 0 aliphatic carbocycles. The quantitative estimate of drug-likeness (QED) is 0.888. The smallest absolute Gasteiger partial charge is 0.407 e. The molecule has 0 bridgehead atoms. The van der Waals surface area contributed by atoms with Crippen LogP contribution in [0.25, 0.3) is 0 Å². The Balaban J connectivity index is 2.34. The van der Waals surface area contributed by atoms with Crippen molar-refractivity contribution in [2.75, 3.05) is 7.11 Å². The molecule has 0 heterocycles. The fraction of sp³-hybridized carbons (Fsp3) is 0.133. The third kappa shape index (κ3) is 3.25. The predicted octanol–water partition coefficient (Wildman–Crippen LogP) is 2.84. The first kappa shape index (κ1) is 13.0. The average molecular weight is 257 g/mol. The van der Waals surface area contributed by atoms with Gasteiger partial charge in [-0.2, -0.15) is 0 Å². The Morgan fingerprint density at radius 1 is 1.05 bits per heavy atom. The van der Waals surface area contributed by atoms with Crippen LogP contribution < -0.4 is 5.32 Å². The number of alkyl carbamates (subject to hydrolysis) is 1. The fourth-order valence-electron chi connectivity index (χ4n) is 1.85. The summed E-state index contributed by atoms with van der Waals surface area (Å²) in [6, 6.07) is 16.0. The number of hydrogen-bond donors (Lipinski definition) is 2. The first-order valence-electron chi connectivity index (χ1n) is 5.89. The summed E-state index contributed by atoms with van der Waals surface area (Å²) in [5, 5.41) is 12.1. The number of hydrogen-bond acceptors (Lipinski definition) is 3. The van der Waals surface area contributed by atoms with Crippen molar-refractivity contribution in [3.8, 4) is 5.75 Å². The number of rotatable bonds is 3. The number of ether oxygens (including phenoxy) is 1. The number of aromatic hydroxyl groups is 1. The predicted molar refractivity (Wildman–Crippen MR) is 71.9 cm³/mol. The highest BCUT2D eigenvalue weighted by atomic mass is 16.5. The number of carbonyl (C=O) groups excluding carboxylic acids is 1. The molecule has 0 spiro atoms. The van der Waals surface area contributed by atoms with Crippen LogP contribution in [0.2, 0.25) is 0 Å². The van der Waals surface area contributed by atoms with Gasteiger partial charge in [-0.25, -0.2) is 4.79 Å². The lowest BCUT2D eigenvalue weighted by Crippen LogP contribution is -2.29. The van der Waals surface area contributed by atoms with Gasteiger partial charge in [-0.05, 0) is 23.3 Å². The zero-order valence-corrected chi connectivity index (χ0v) is 10.5. The molecule has 0 unspecified atom stereocenters. The van der Waals surface area contributed by atoms with Crippen LogP contribution in [0.1, 0.15) is 17.2 Å². The summed E-state index contributed by atoms with van der Waals surface area (Å²) in [6.45, 7) is 0. The largest absolute Gasteiger partial charge is 0.508 e. The maximum Gasteiger partial charge on any atom is 0.407 e. The minimum Gasteiger partial charge on any atom is -0.508 e. The van der Waals surface area contributed by atoms with Crippen molar-refractivity contribution in [3.63, 3.8) is 0 Å². The highest BCUT2D eigenvalue weighted by molar-refractivity contribution is 5.68. The molecule has 4 nitrogen and oxygen atoms in total. The van der Waals surface area contributed by atoms with Crippen LogP contribution in [-0.4, -0.2) is 18.3 Å². The molecule has 2 N–H and O–H groups in total. The van der Waals surface area contributed by atoms with Gasteiger partial charge in [-0.1, -0.05) is 42.5 Å². The molecule has 19 heavy (non-hydrogen) atoms. The monoisotopic (exact) mass is 257 g/mol. The Labute approximate surface area is 111 Å². The van der Waals surface area contributed by atoms with Crippen molar-refractivity contribution in [1.82, 2.24) is 5.32 Å². The van der Waals surface area contributed by atoms with E-state index < -0.39 is 6.09 Å². The molecule has 0 aliphatic rings. The number of amides is 1. The van der Waals surface area contributed by atoms with E-state index in [0.29, 0.717) is 0 Å². The Morgan fingerprint density at radius 2 is 1.63 bits per heavy atom. The zero-order valence-electron chi connectivity index (χ0n) is 10.5. The topological polar surface area (TPSA) is 58.6 Å². The van der Waals surface area contributed by atoms with Crippen LogP contribution >= 0.6 is 0 Å². The minimum atomic E-state index is -0.498. The minimum absolute atomic E-state index is 0.189. The van der Waals surface area contributed by atoms with Crippen molar-refractivity contribution in [2.24, 2.45) is 0 Å². The van der Waals surface area contributed by atoms with Crippen molar-refractivity contribution >= 4 is 6.09 Å². The number of carbonyl (C=O) groups is 1. The van der Waals surface area contributed by atoms with Crippen molar-refractivity contribution in [2.45, 2.75) is 6.04 Å². The summed E-state index contributed by atoms with van der Waals surface area (Å²) in [6.07, 6.45) is -0.498. The molecule has 0 saturated carbocycles. The SMILES string of the molecule is COC(=O)N[C@H](c1ccccc1)c1ccc(O)cc1. The lowest BCUT2D eigenvalue weighted by molar-refractivity contribution is 0.168. The van der Waals surface area contributed by atoms with Gasteiger partial charge in [0.2, 0.25) is 0 Å². The van der Waals surface area contributed by atoms with Crippen LogP contribution in [0.4, 0.5) is 4.79 Å². The van der Waals surface area contributed by atoms with Gasteiger partial charge in [-0.15, -0.1) is 0 Å². The molecule has 2 rings (SSSR count). The molecule has 1 atom stereocenters. The van der Waals surface area contributed by atoms with Gasteiger partial charge in [-0.3, -0.25) is 0 Å². The van der Waals surface area contributed by atoms with Gasteiger partial charge in [0.1, 0.15) is 5.75 Å². The van der Waals surface area contributed by atoms with E-state index in [9.17, 15) is 9.90 Å². The second-order valence-corrected chi connectivity index (χ2v) is 4.07. The molecular formula is C15H15NO3. The first-order valence-corrected chi connectivity index (χ1v) is 5.89. The van der Waals surface area contributed by atoms with E-state index >= 15 is 0 Å². The number of methoxy groups -OCH3 is 1. The van der Waals surface area contributed by atoms with Gasteiger partial charge in [0.05, 0.1) is 13.2 Å². The van der Waals surface area contributed by atoms with E-state index in [-0.39, 0.29) is 11.8 Å². The first-order chi connectivity index (χ1) is 9.20. The maximum atomic E-state index is 11.5. The highest BCUT2D eigenvalue weighted by Gasteiger charge is 2.16. The van der Waals surface area contributed by atoms with Crippen molar-refractivity contribution in [3.05, 3.63) is 65.7 Å². The summed E-state index contributed by atoms with van der Waals surface area (Å²) in [5.41, 5.74) is 1.81. The zero-order chi connectivity index (χ0) is 13.7. The molecule has 2 aromatic rings. The van der Waals surface area contributed by atoms with E-state index in [1.807, 2.05) is 30.3 Å². The van der Waals surface area contributed by atoms with Gasteiger partial charge >= 0.3 is 6.09 Å². The number of phenolic OH excluding ortho intramolecular Hbond substituents is 1. The third-order valence-electron chi connectivity index (χ3n) is 2.81. The van der Waals surface area contributed by atoms with Crippen LogP contribution in [0.3, 0.4) is 0 Å². The molecule has 0 saturated heterocycles. The van der Waals surface area contributed by atoms with Gasteiger partial charge in [0.15, 0.2) is 0 Å². The summed E-state index contributed by atoms with van der Waals surface area (Å²) < 4.78 is 4.65. The molecule has 4 heteroatoms. The second kappa shape index (κ2) is 5.91. The fourth-order valence-corrected chi connectivity index (χ4v) is 1.85. The summed E-state index contributed by atoms with van der Waals surface area (Å²) in [7, 11) is 1.33. The molecule has 1 amide bonds. The molecule has 0 aromatic heterocycles. The van der Waals surface area contributed by atoms with Gasteiger partial charge in [0, 0.05) is 0 Å². The van der Waals surface area contributed by atoms with Crippen LogP contribution in [0, 0.1) is 0 Å². The van der Waals surface area contributed by atoms with E-state index in [1.54, 1.807) is 24.3 Å². The molecular weight excluding hydrogens is 242 g/mol. The molecule has 98 valence electrons. The Kier molecular flexibility index (Phi) is 4.03. The van der Waals surface area contributed by atoms with Crippen molar-refractivity contribution in [1.29, 1.82) is 0 Å². The van der Waals surface area contributed by atoms with Crippen LogP contribution in [0.5, 0.6) is 5.75 Å². The normalized spacial score (nSPS) is 11.6. The summed E-state index contributed by atoms with van der Waals surface area (Å²) in [5.74, 6) is 0.189. The lowest BCUT2D eigenvalue weighted by Gasteiger charge is -2.19. The Hall–Kier alpha value is -2.49. The molecule has 0 aliphatic heterocycles. The average Bonchev–Trinajstić information content (AvgIpc) is 2.46. The van der Waals surface area contributed by atoms with Crippen LogP contribution in [-0.2, 0) is 4.74 Å². The molecule has 0 radical (unpaired) electrons. The summed E-state index contributed by atoms with van der Waals surface area (Å²) >= 11 is 0. The van der Waals surface area contributed by atoms with E-state index in [0.717, 1.165) is 11.1 Å². The Bertz CT molecular complexity index is 537. The van der Waals surface area contributed by atoms with E-state index in [1.165, 1.54) is 7.11 Å². The molecule has 2 aromatic carbocycles. The third-order valence-corrected chi connectivity index (χ3v) is 2.81. The standard InChI is InChI=1S/C15H15NO3/c1-19-15(18)16-14(11-5-3-2-4-6-11)12-7-9-13(17)10-8-12/h2-10,14,17H,1H3,(H,16,18)/t14-/m1/s1. The van der Waals surface area contributed by atoms with Gasteiger partial charge in [0.25, 0.3) is 0 Å². The molecule has 0 fully saturated rings. The van der Waals surface area contributed by atoms with E-state index in [2.05, 4.69) is 10.1 Å². The maximum absolute atomic E-state index is 11.5. The van der Waals surface area contributed by atoms with E-state index in [4.69, 9.17) is 0 Å². The Morgan fingerprint density at radius 3 is 2.21 bits per heavy atom. The number of phenols is 1. The lowest BCUT2D eigenvalue weighted by atomic mass is 9.99. The van der Waals surface area contributed by atoms with Gasteiger partial charge < -0.3 is 15.2 Å². The van der Waals surface area contributed by atoms with Crippen molar-refractivity contribution < 1.29 is 14.6 Å². The number of benzene rings is 2. The van der Waals surface area contributed by atoms with Crippen LogP contribution in [0.15, 0.2) is 54.6 Å².